The van der Waals surface area contributed by atoms with Crippen molar-refractivity contribution in [2.45, 2.75) is 38.1 Å². The molecule has 1 unspecified atom stereocenters. The van der Waals surface area contributed by atoms with E-state index in [2.05, 4.69) is 36.5 Å². The fraction of sp³-hybridized carbons (Fsp3) is 0.375. The highest BCUT2D eigenvalue weighted by molar-refractivity contribution is 5.53. The third-order valence-corrected chi connectivity index (χ3v) is 3.90. The highest BCUT2D eigenvalue weighted by Crippen LogP contribution is 2.37. The first-order valence-corrected chi connectivity index (χ1v) is 6.57. The van der Waals surface area contributed by atoms with Crippen molar-refractivity contribution in [3.63, 3.8) is 0 Å². The van der Waals surface area contributed by atoms with Crippen LogP contribution in [0.2, 0.25) is 0 Å². The van der Waals surface area contributed by atoms with Crippen LogP contribution in [0.15, 0.2) is 58.7 Å². The topological polar surface area (TPSA) is 26.0 Å². The Morgan fingerprint density at radius 2 is 1.71 bits per heavy atom. The minimum atomic E-state index is 0.0928. The van der Waals surface area contributed by atoms with E-state index in [1.54, 1.807) is 0 Å². The summed E-state index contributed by atoms with van der Waals surface area (Å²) in [4.78, 5) is 0. The maximum absolute atomic E-state index is 6.47. The normalized spacial score (nSPS) is 27.7. The van der Waals surface area contributed by atoms with Gasteiger partial charge in [-0.2, -0.15) is 0 Å². The van der Waals surface area contributed by atoms with E-state index in [0.717, 1.165) is 25.7 Å². The number of hydrogen-bond donors (Lipinski definition) is 1. The second-order valence-electron chi connectivity index (χ2n) is 4.96. The van der Waals surface area contributed by atoms with E-state index in [0.29, 0.717) is 0 Å². The Morgan fingerprint density at radius 3 is 2.65 bits per heavy atom. The number of rotatable bonds is 0. The Morgan fingerprint density at radius 1 is 0.941 bits per heavy atom. The van der Waals surface area contributed by atoms with E-state index in [9.17, 15) is 0 Å². The predicted octanol–water partition coefficient (Wildman–Crippen LogP) is 3.57. The van der Waals surface area contributed by atoms with Gasteiger partial charge in [0.25, 0.3) is 0 Å². The highest BCUT2D eigenvalue weighted by Gasteiger charge is 2.25. The molecule has 0 bridgehead atoms. The van der Waals surface area contributed by atoms with Crippen molar-refractivity contribution < 1.29 is 0 Å². The van der Waals surface area contributed by atoms with Gasteiger partial charge in [0.05, 0.1) is 6.04 Å². The van der Waals surface area contributed by atoms with Crippen LogP contribution in [0.5, 0.6) is 0 Å². The van der Waals surface area contributed by atoms with Gasteiger partial charge in [-0.3, -0.25) is 0 Å². The van der Waals surface area contributed by atoms with E-state index in [1.165, 1.54) is 28.7 Å². The van der Waals surface area contributed by atoms with Crippen LogP contribution in [-0.4, -0.2) is 6.04 Å². The fourth-order valence-electron chi connectivity index (χ4n) is 2.99. The lowest BCUT2D eigenvalue weighted by atomic mass is 9.89. The van der Waals surface area contributed by atoms with Gasteiger partial charge in [-0.1, -0.05) is 36.5 Å². The molecule has 3 aliphatic rings. The smallest absolute Gasteiger partial charge is 0.0550 e. The van der Waals surface area contributed by atoms with Gasteiger partial charge in [-0.05, 0) is 54.4 Å². The Kier molecular flexibility index (Phi) is 2.86. The minimum absolute atomic E-state index is 0.0928. The predicted molar refractivity (Wildman–Crippen MR) is 72.5 cm³/mol. The number of nitrogens with two attached hydrogens (primary N) is 1. The lowest BCUT2D eigenvalue weighted by Gasteiger charge is -2.20. The molecule has 1 saturated carbocycles. The molecule has 0 aliphatic heterocycles. The number of hydrogen-bond acceptors (Lipinski definition) is 1. The summed E-state index contributed by atoms with van der Waals surface area (Å²) in [6.07, 6.45) is 19.3. The summed E-state index contributed by atoms with van der Waals surface area (Å²) in [5.74, 6) is 0. The Bertz CT molecular complexity index is 472. The van der Waals surface area contributed by atoms with Crippen LogP contribution in [0, 0.1) is 0 Å². The molecule has 3 aliphatic carbocycles. The highest BCUT2D eigenvalue weighted by atomic mass is 14.7. The molecule has 0 heterocycles. The van der Waals surface area contributed by atoms with Crippen molar-refractivity contribution in [2.24, 2.45) is 5.73 Å². The molecule has 0 aromatic carbocycles. The lowest BCUT2D eigenvalue weighted by molar-refractivity contribution is 0.864. The van der Waals surface area contributed by atoms with Gasteiger partial charge >= 0.3 is 0 Å². The van der Waals surface area contributed by atoms with Gasteiger partial charge < -0.3 is 5.73 Å². The maximum Gasteiger partial charge on any atom is 0.0550 e. The van der Waals surface area contributed by atoms with E-state index in [1.807, 2.05) is 0 Å². The zero-order valence-corrected chi connectivity index (χ0v) is 10.2. The summed E-state index contributed by atoms with van der Waals surface area (Å²) < 4.78 is 0. The van der Waals surface area contributed by atoms with Crippen LogP contribution in [0.25, 0.3) is 0 Å². The summed E-state index contributed by atoms with van der Waals surface area (Å²) >= 11 is 0. The summed E-state index contributed by atoms with van der Waals surface area (Å²) in [5, 5.41) is 0. The van der Waals surface area contributed by atoms with E-state index < -0.39 is 0 Å². The molecule has 1 nitrogen and oxygen atoms in total. The number of allylic oxidation sites excluding steroid dienone is 6. The number of fused-ring (bicyclic) bond motifs is 2. The molecule has 0 aromatic rings. The standard InChI is InChI=1S/C16H19N/c17-16-14-8-3-1-2-6-12(14)10-11-13-7-4-5-9-15(13)16/h1-2,6-9,16H,3-5,10-11,17H2. The minimum Gasteiger partial charge on any atom is -0.320 e. The zero-order chi connectivity index (χ0) is 11.7. The molecule has 3 rings (SSSR count). The molecule has 0 amide bonds. The quantitative estimate of drug-likeness (QED) is 0.670. The summed E-state index contributed by atoms with van der Waals surface area (Å²) in [6, 6.07) is 0.0928. The average molecular weight is 225 g/mol. The molecular formula is C16H19N. The molecule has 0 spiro atoms. The lowest BCUT2D eigenvalue weighted by Crippen LogP contribution is -2.26. The van der Waals surface area contributed by atoms with Gasteiger partial charge in [0.1, 0.15) is 0 Å². The molecule has 17 heavy (non-hydrogen) atoms. The monoisotopic (exact) mass is 225 g/mol. The first-order valence-electron chi connectivity index (χ1n) is 6.57. The van der Waals surface area contributed by atoms with Gasteiger partial charge in [-0.25, -0.2) is 0 Å². The summed E-state index contributed by atoms with van der Waals surface area (Å²) in [6.45, 7) is 0. The molecule has 88 valence electrons. The van der Waals surface area contributed by atoms with Crippen LogP contribution in [0.4, 0.5) is 0 Å². The average Bonchev–Trinajstić information content (AvgIpc) is 2.66. The van der Waals surface area contributed by atoms with Crippen molar-refractivity contribution in [1.82, 2.24) is 0 Å². The first-order chi connectivity index (χ1) is 8.36. The third-order valence-electron chi connectivity index (χ3n) is 3.90. The van der Waals surface area contributed by atoms with Gasteiger partial charge in [0.2, 0.25) is 0 Å². The SMILES string of the molecule is NC1C2=CCC=CC=C2CCC2=CCCC=C21. The third kappa shape index (κ3) is 1.96. The van der Waals surface area contributed by atoms with E-state index >= 15 is 0 Å². The molecule has 0 aromatic heterocycles. The second kappa shape index (κ2) is 4.50. The molecule has 0 radical (unpaired) electrons. The van der Waals surface area contributed by atoms with Crippen molar-refractivity contribution >= 4 is 0 Å². The summed E-state index contributed by atoms with van der Waals surface area (Å²) in [5.41, 5.74) is 12.1. The van der Waals surface area contributed by atoms with Gasteiger partial charge in [0, 0.05) is 0 Å². The van der Waals surface area contributed by atoms with Crippen molar-refractivity contribution in [2.75, 3.05) is 0 Å². The molecule has 2 N–H and O–H groups in total. The van der Waals surface area contributed by atoms with Crippen molar-refractivity contribution in [3.05, 3.63) is 58.7 Å². The van der Waals surface area contributed by atoms with E-state index in [4.69, 9.17) is 5.73 Å². The Balaban J connectivity index is 2.04. The van der Waals surface area contributed by atoms with Crippen LogP contribution < -0.4 is 5.73 Å². The summed E-state index contributed by atoms with van der Waals surface area (Å²) in [7, 11) is 0. The molecule has 1 atom stereocenters. The first kappa shape index (κ1) is 10.8. The van der Waals surface area contributed by atoms with Crippen LogP contribution in [-0.2, 0) is 0 Å². The van der Waals surface area contributed by atoms with Crippen molar-refractivity contribution in [3.8, 4) is 0 Å². The van der Waals surface area contributed by atoms with Crippen LogP contribution in [0.1, 0.15) is 32.1 Å². The maximum atomic E-state index is 6.47. The Hall–Kier alpha value is -1.34. The van der Waals surface area contributed by atoms with Gasteiger partial charge in [-0.15, -0.1) is 0 Å². The largest absolute Gasteiger partial charge is 0.320 e. The van der Waals surface area contributed by atoms with Gasteiger partial charge in [0.15, 0.2) is 0 Å². The molecule has 1 heteroatoms. The van der Waals surface area contributed by atoms with Crippen LogP contribution in [0.3, 0.4) is 0 Å². The zero-order valence-electron chi connectivity index (χ0n) is 10.2. The van der Waals surface area contributed by atoms with Crippen molar-refractivity contribution in [1.29, 1.82) is 0 Å². The molecule has 1 fully saturated rings. The molecule has 0 saturated heterocycles. The van der Waals surface area contributed by atoms with E-state index in [-0.39, 0.29) is 6.04 Å². The second-order valence-corrected chi connectivity index (χ2v) is 4.96. The molecular weight excluding hydrogens is 206 g/mol. The Labute approximate surface area is 103 Å². The fourth-order valence-corrected chi connectivity index (χ4v) is 2.99. The van der Waals surface area contributed by atoms with Crippen LogP contribution >= 0.6 is 0 Å².